The molecule has 32 heavy (non-hydrogen) atoms. The molecule has 0 aliphatic rings. The molecule has 0 aromatic heterocycles. The Morgan fingerprint density at radius 3 is 1.38 bits per heavy atom. The van der Waals surface area contributed by atoms with E-state index < -0.39 is 31.8 Å². The van der Waals surface area contributed by atoms with E-state index in [0.29, 0.717) is 17.9 Å². The van der Waals surface area contributed by atoms with Crippen molar-refractivity contribution in [3.8, 4) is 5.75 Å². The Hall–Kier alpha value is -3.25. The molecule has 0 saturated heterocycles. The number of halogens is 3. The van der Waals surface area contributed by atoms with Gasteiger partial charge in [-0.15, -0.1) is 0 Å². The minimum Gasteiger partial charge on any atom is -0.497 e. The molecule has 7 nitrogen and oxygen atoms in total. The number of alkyl halides is 3. The molecule has 3 rings (SSSR count). The molecular weight excluding hydrogens is 469 g/mol. The number of ether oxygens (including phenoxy) is 1. The molecule has 12 heteroatoms. The summed E-state index contributed by atoms with van der Waals surface area (Å²) in [6.07, 6.45) is -4.58. The maximum Gasteiger partial charge on any atom is 0.416 e. The first-order valence-corrected chi connectivity index (χ1v) is 11.8. The van der Waals surface area contributed by atoms with Crippen molar-refractivity contribution in [2.24, 2.45) is 0 Å². The van der Waals surface area contributed by atoms with Gasteiger partial charge in [0.25, 0.3) is 20.0 Å². The smallest absolute Gasteiger partial charge is 0.416 e. The van der Waals surface area contributed by atoms with Crippen LogP contribution < -0.4 is 14.2 Å². The lowest BCUT2D eigenvalue weighted by Crippen LogP contribution is -2.14. The molecular formula is C20H17F3N2O5S2. The maximum atomic E-state index is 12.6. The van der Waals surface area contributed by atoms with Crippen LogP contribution in [0.15, 0.2) is 82.6 Å². The van der Waals surface area contributed by atoms with Gasteiger partial charge in [-0.25, -0.2) is 16.8 Å². The predicted octanol–water partition coefficient (Wildman–Crippen LogP) is 4.32. The Morgan fingerprint density at radius 2 is 1.03 bits per heavy atom. The number of methoxy groups -OCH3 is 1. The second kappa shape index (κ2) is 8.71. The Labute approximate surface area is 183 Å². The maximum absolute atomic E-state index is 12.6. The molecule has 0 aliphatic heterocycles. The van der Waals surface area contributed by atoms with Gasteiger partial charge < -0.3 is 4.74 Å². The fourth-order valence-corrected chi connectivity index (χ4v) is 4.73. The Kier molecular flexibility index (Phi) is 6.37. The van der Waals surface area contributed by atoms with Crippen LogP contribution in [0.1, 0.15) is 5.56 Å². The highest BCUT2D eigenvalue weighted by Gasteiger charge is 2.30. The minimum absolute atomic E-state index is 0.00498. The summed E-state index contributed by atoms with van der Waals surface area (Å²) in [5.74, 6) is 0.494. The van der Waals surface area contributed by atoms with Crippen molar-refractivity contribution in [1.82, 2.24) is 0 Å². The zero-order valence-electron chi connectivity index (χ0n) is 16.4. The monoisotopic (exact) mass is 486 g/mol. The van der Waals surface area contributed by atoms with E-state index in [2.05, 4.69) is 9.44 Å². The second-order valence-corrected chi connectivity index (χ2v) is 9.85. The van der Waals surface area contributed by atoms with Gasteiger partial charge in [0.15, 0.2) is 0 Å². The van der Waals surface area contributed by atoms with Gasteiger partial charge in [0.2, 0.25) is 0 Å². The summed E-state index contributed by atoms with van der Waals surface area (Å²) in [4.78, 5) is -0.347. The zero-order valence-corrected chi connectivity index (χ0v) is 18.1. The highest BCUT2D eigenvalue weighted by Crippen LogP contribution is 2.30. The first kappa shape index (κ1) is 23.4. The van der Waals surface area contributed by atoms with Crippen LogP contribution in [0.25, 0.3) is 0 Å². The van der Waals surface area contributed by atoms with E-state index in [0.717, 1.165) is 12.1 Å². The summed E-state index contributed by atoms with van der Waals surface area (Å²) >= 11 is 0. The van der Waals surface area contributed by atoms with Crippen LogP contribution in [-0.4, -0.2) is 23.9 Å². The molecule has 0 saturated carbocycles. The molecule has 0 unspecified atom stereocenters. The van der Waals surface area contributed by atoms with Gasteiger partial charge in [-0.05, 0) is 72.8 Å². The number of hydrogen-bond acceptors (Lipinski definition) is 5. The lowest BCUT2D eigenvalue weighted by Gasteiger charge is -2.12. The minimum atomic E-state index is -4.58. The molecule has 0 aliphatic carbocycles. The molecule has 3 aromatic carbocycles. The molecule has 0 bridgehead atoms. The van der Waals surface area contributed by atoms with Gasteiger partial charge in [0.1, 0.15) is 5.75 Å². The molecule has 0 radical (unpaired) electrons. The van der Waals surface area contributed by atoms with Crippen LogP contribution in [0.2, 0.25) is 0 Å². The van der Waals surface area contributed by atoms with Gasteiger partial charge in [-0.2, -0.15) is 13.2 Å². The molecule has 0 fully saturated rings. The van der Waals surface area contributed by atoms with Crippen LogP contribution in [0.3, 0.4) is 0 Å². The van der Waals surface area contributed by atoms with E-state index in [1.807, 2.05) is 0 Å². The average molecular weight is 486 g/mol. The Morgan fingerprint density at radius 1 is 0.656 bits per heavy atom. The van der Waals surface area contributed by atoms with Gasteiger partial charge in [-0.1, -0.05) is 0 Å². The molecule has 170 valence electrons. The third-order valence-electron chi connectivity index (χ3n) is 4.25. The lowest BCUT2D eigenvalue weighted by molar-refractivity contribution is -0.137. The summed E-state index contributed by atoms with van der Waals surface area (Å²) in [5.41, 5.74) is -0.694. The van der Waals surface area contributed by atoms with Crippen LogP contribution in [0, 0.1) is 0 Å². The quantitative estimate of drug-likeness (QED) is 0.518. The number of anilines is 2. The van der Waals surface area contributed by atoms with Gasteiger partial charge in [0, 0.05) is 11.4 Å². The zero-order chi connectivity index (χ0) is 23.6. The highest BCUT2D eigenvalue weighted by atomic mass is 32.2. The number of hydrogen-bond donors (Lipinski definition) is 2. The van der Waals surface area contributed by atoms with Gasteiger partial charge in [0.05, 0.1) is 22.5 Å². The van der Waals surface area contributed by atoms with Crippen LogP contribution in [-0.2, 0) is 26.2 Å². The Bertz CT molecular complexity index is 1290. The van der Waals surface area contributed by atoms with Crippen molar-refractivity contribution in [3.63, 3.8) is 0 Å². The third kappa shape index (κ3) is 5.51. The Balaban J connectivity index is 1.72. The summed E-state index contributed by atoms with van der Waals surface area (Å²) < 4.78 is 97.2. The summed E-state index contributed by atoms with van der Waals surface area (Å²) in [5, 5.41) is 0. The topological polar surface area (TPSA) is 102 Å². The SMILES string of the molecule is COc1ccc(S(=O)(=O)Nc2ccc(NS(=O)(=O)c3ccc(C(F)(F)F)cc3)cc2)cc1. The summed E-state index contributed by atoms with van der Waals surface area (Å²) in [6, 6.07) is 14.1. The summed E-state index contributed by atoms with van der Waals surface area (Å²) in [7, 11) is -6.57. The van der Waals surface area contributed by atoms with Crippen molar-refractivity contribution >= 4 is 31.4 Å². The van der Waals surface area contributed by atoms with Crippen molar-refractivity contribution in [2.45, 2.75) is 16.0 Å². The first-order valence-electron chi connectivity index (χ1n) is 8.88. The number of benzene rings is 3. The van der Waals surface area contributed by atoms with Gasteiger partial charge in [-0.3, -0.25) is 9.44 Å². The average Bonchev–Trinajstić information content (AvgIpc) is 2.74. The van der Waals surface area contributed by atoms with Crippen molar-refractivity contribution < 1.29 is 34.7 Å². The molecule has 3 aromatic rings. The largest absolute Gasteiger partial charge is 0.497 e. The fraction of sp³-hybridized carbons (Fsp3) is 0.100. The third-order valence-corrected chi connectivity index (χ3v) is 7.05. The van der Waals surface area contributed by atoms with Crippen molar-refractivity contribution in [2.75, 3.05) is 16.6 Å². The molecule has 2 N–H and O–H groups in total. The van der Waals surface area contributed by atoms with Crippen LogP contribution >= 0.6 is 0 Å². The van der Waals surface area contributed by atoms with Gasteiger partial charge >= 0.3 is 6.18 Å². The van der Waals surface area contributed by atoms with E-state index in [-0.39, 0.29) is 21.2 Å². The number of rotatable bonds is 7. The van der Waals surface area contributed by atoms with E-state index in [1.165, 1.54) is 55.6 Å². The van der Waals surface area contributed by atoms with Crippen LogP contribution in [0.4, 0.5) is 24.5 Å². The standard InChI is InChI=1S/C20H17F3N2O5S2/c1-30-17-8-12-19(13-9-17)32(28,29)25-16-6-4-15(5-7-16)24-31(26,27)18-10-2-14(3-11-18)20(21,22)23/h2-13,24-25H,1H3. The number of nitrogens with one attached hydrogen (secondary N) is 2. The van der Waals surface area contributed by atoms with E-state index in [9.17, 15) is 30.0 Å². The van der Waals surface area contributed by atoms with Crippen molar-refractivity contribution in [1.29, 1.82) is 0 Å². The van der Waals surface area contributed by atoms with Crippen LogP contribution in [0.5, 0.6) is 5.75 Å². The first-order chi connectivity index (χ1) is 14.9. The van der Waals surface area contributed by atoms with E-state index in [1.54, 1.807) is 0 Å². The van der Waals surface area contributed by atoms with Crippen molar-refractivity contribution in [3.05, 3.63) is 78.4 Å². The fourth-order valence-electron chi connectivity index (χ4n) is 2.61. The molecule has 0 amide bonds. The highest BCUT2D eigenvalue weighted by molar-refractivity contribution is 7.93. The lowest BCUT2D eigenvalue weighted by atomic mass is 10.2. The second-order valence-electron chi connectivity index (χ2n) is 6.49. The molecule has 0 spiro atoms. The molecule has 0 heterocycles. The molecule has 0 atom stereocenters. The van der Waals surface area contributed by atoms with E-state index in [4.69, 9.17) is 4.74 Å². The normalized spacial score (nSPS) is 12.2. The predicted molar refractivity (Wildman–Crippen MR) is 112 cm³/mol. The summed E-state index contributed by atoms with van der Waals surface area (Å²) in [6.45, 7) is 0. The van der Waals surface area contributed by atoms with E-state index >= 15 is 0 Å². The number of sulfonamides is 2.